The molecule has 0 saturated heterocycles. The summed E-state index contributed by atoms with van der Waals surface area (Å²) in [6.45, 7) is 2.02. The van der Waals surface area contributed by atoms with Crippen molar-refractivity contribution in [2.24, 2.45) is 5.92 Å². The lowest BCUT2D eigenvalue weighted by molar-refractivity contribution is 0.379. The number of nitrogens with zero attached hydrogens (tertiary/aromatic N) is 1. The molecule has 1 aliphatic rings. The van der Waals surface area contributed by atoms with Gasteiger partial charge in [0, 0.05) is 23.6 Å². The fourth-order valence-electron chi connectivity index (χ4n) is 5.16. The predicted molar refractivity (Wildman–Crippen MR) is 153 cm³/mol. The second kappa shape index (κ2) is 11.4. The van der Waals surface area contributed by atoms with Crippen molar-refractivity contribution in [2.75, 3.05) is 4.72 Å². The molecular weight excluding hydrogens is 524 g/mol. The molecular formula is C32H30N2O5S. The molecule has 204 valence electrons. The van der Waals surface area contributed by atoms with E-state index in [1.54, 1.807) is 24.3 Å². The Balaban J connectivity index is 1.44. The molecule has 5 rings (SSSR count). The number of aromatic hydroxyl groups is 1. The van der Waals surface area contributed by atoms with Crippen LogP contribution in [0, 0.1) is 17.2 Å². The van der Waals surface area contributed by atoms with Gasteiger partial charge in [0.15, 0.2) is 0 Å². The first kappa shape index (κ1) is 27.2. The predicted octanol–water partition coefficient (Wildman–Crippen LogP) is 6.30. The molecule has 3 aromatic carbocycles. The summed E-state index contributed by atoms with van der Waals surface area (Å²) >= 11 is 0. The average Bonchev–Trinajstić information content (AvgIpc) is 3.79. The smallest absolute Gasteiger partial charge is 0.343 e. The number of nitriles is 1. The fourth-order valence-corrected chi connectivity index (χ4v) is 6.21. The fraction of sp³-hybridized carbons (Fsp3) is 0.250. The van der Waals surface area contributed by atoms with E-state index in [4.69, 9.17) is 9.68 Å². The van der Waals surface area contributed by atoms with Crippen LogP contribution in [0.15, 0.2) is 99.0 Å². The minimum atomic E-state index is -3.90. The Morgan fingerprint density at radius 1 is 1.02 bits per heavy atom. The summed E-state index contributed by atoms with van der Waals surface area (Å²) in [5, 5.41) is 20.1. The van der Waals surface area contributed by atoms with Crippen molar-refractivity contribution < 1.29 is 17.9 Å². The molecule has 8 heteroatoms. The highest BCUT2D eigenvalue weighted by Crippen LogP contribution is 2.48. The van der Waals surface area contributed by atoms with Gasteiger partial charge in [-0.1, -0.05) is 49.4 Å². The van der Waals surface area contributed by atoms with E-state index in [0.717, 1.165) is 24.8 Å². The first-order chi connectivity index (χ1) is 19.3. The topological polar surface area (TPSA) is 120 Å². The van der Waals surface area contributed by atoms with Gasteiger partial charge in [-0.05, 0) is 79.1 Å². The van der Waals surface area contributed by atoms with Crippen molar-refractivity contribution in [3.05, 3.63) is 123 Å². The van der Waals surface area contributed by atoms with Crippen LogP contribution >= 0.6 is 0 Å². The third-order valence-corrected chi connectivity index (χ3v) is 8.80. The van der Waals surface area contributed by atoms with Gasteiger partial charge in [-0.2, -0.15) is 5.26 Å². The van der Waals surface area contributed by atoms with Gasteiger partial charge >= 0.3 is 5.63 Å². The van der Waals surface area contributed by atoms with Crippen molar-refractivity contribution in [1.29, 1.82) is 5.26 Å². The molecule has 0 bridgehead atoms. The lowest BCUT2D eigenvalue weighted by Gasteiger charge is -2.20. The highest BCUT2D eigenvalue weighted by atomic mass is 32.2. The van der Waals surface area contributed by atoms with Gasteiger partial charge in [0.1, 0.15) is 11.5 Å². The largest absolute Gasteiger partial charge is 0.507 e. The summed E-state index contributed by atoms with van der Waals surface area (Å²) in [5.74, 6) is -0.00104. The van der Waals surface area contributed by atoms with Crippen LogP contribution in [0.2, 0.25) is 0 Å². The lowest BCUT2D eigenvalue weighted by Crippen LogP contribution is -2.18. The summed E-state index contributed by atoms with van der Waals surface area (Å²) in [6.07, 6.45) is 3.20. The van der Waals surface area contributed by atoms with Crippen molar-refractivity contribution in [3.63, 3.8) is 0 Å². The molecule has 1 aliphatic carbocycles. The first-order valence-electron chi connectivity index (χ1n) is 13.3. The second-order valence-electron chi connectivity index (χ2n) is 10.2. The molecule has 1 fully saturated rings. The summed E-state index contributed by atoms with van der Waals surface area (Å²) in [5.41, 5.74) is 2.17. The molecule has 2 atom stereocenters. The van der Waals surface area contributed by atoms with E-state index in [9.17, 15) is 18.3 Å². The van der Waals surface area contributed by atoms with E-state index in [-0.39, 0.29) is 28.0 Å². The Kier molecular flexibility index (Phi) is 7.76. The molecule has 0 aliphatic heterocycles. The minimum Gasteiger partial charge on any atom is -0.507 e. The number of anilines is 1. The summed E-state index contributed by atoms with van der Waals surface area (Å²) in [6, 6.07) is 26.0. The zero-order chi connectivity index (χ0) is 28.3. The van der Waals surface area contributed by atoms with Crippen LogP contribution in [0.1, 0.15) is 66.0 Å². The van der Waals surface area contributed by atoms with Gasteiger partial charge in [-0.3, -0.25) is 4.72 Å². The highest BCUT2D eigenvalue weighted by molar-refractivity contribution is 7.92. The van der Waals surface area contributed by atoms with E-state index in [1.807, 2.05) is 49.4 Å². The van der Waals surface area contributed by atoms with Gasteiger partial charge in [-0.15, -0.1) is 0 Å². The maximum Gasteiger partial charge on any atom is 0.343 e. The number of rotatable bonds is 10. The molecule has 0 amide bonds. The normalized spacial score (nSPS) is 14.7. The Morgan fingerprint density at radius 2 is 1.75 bits per heavy atom. The zero-order valence-corrected chi connectivity index (χ0v) is 22.9. The van der Waals surface area contributed by atoms with Crippen molar-refractivity contribution >= 4 is 15.7 Å². The van der Waals surface area contributed by atoms with Crippen molar-refractivity contribution in [3.8, 4) is 11.8 Å². The van der Waals surface area contributed by atoms with E-state index >= 15 is 0 Å². The Bertz CT molecular complexity index is 1700. The quantitative estimate of drug-likeness (QED) is 0.237. The Hall–Kier alpha value is -4.35. The molecule has 0 radical (unpaired) electrons. The number of nitrogens with one attached hydrogen (secondary N) is 1. The van der Waals surface area contributed by atoms with Crippen LogP contribution in [-0.2, 0) is 16.4 Å². The standard InChI is InChI=1S/C32H30N2O5S/c1-2-23(17-21-7-4-3-5-8-21)29-19-28(35)31(32(36)39-29)30(24-13-14-24)25-9-6-10-26(18-25)34-40(37,38)27-15-11-22(20-33)12-16-27/h3-12,15-16,18-19,23-24,30,34-35H,2,13-14,17H2,1H3/t23-,30-/m1/s1. The number of hydrogen-bond acceptors (Lipinski definition) is 6. The van der Waals surface area contributed by atoms with Gasteiger partial charge in [-0.25, -0.2) is 13.2 Å². The van der Waals surface area contributed by atoms with Crippen LogP contribution in [-0.4, -0.2) is 13.5 Å². The third-order valence-electron chi connectivity index (χ3n) is 7.40. The number of sulfonamides is 1. The van der Waals surface area contributed by atoms with Crippen LogP contribution < -0.4 is 10.3 Å². The summed E-state index contributed by atoms with van der Waals surface area (Å²) in [4.78, 5) is 13.4. The van der Waals surface area contributed by atoms with E-state index < -0.39 is 21.6 Å². The summed E-state index contributed by atoms with van der Waals surface area (Å²) < 4.78 is 34.4. The summed E-state index contributed by atoms with van der Waals surface area (Å²) in [7, 11) is -3.90. The molecule has 7 nitrogen and oxygen atoms in total. The highest BCUT2D eigenvalue weighted by Gasteiger charge is 2.38. The maximum absolute atomic E-state index is 13.4. The maximum atomic E-state index is 13.4. The number of benzene rings is 3. The monoisotopic (exact) mass is 554 g/mol. The van der Waals surface area contributed by atoms with E-state index in [1.165, 1.54) is 24.3 Å². The van der Waals surface area contributed by atoms with Gasteiger partial charge in [0.25, 0.3) is 10.0 Å². The third kappa shape index (κ3) is 5.95. The van der Waals surface area contributed by atoms with Gasteiger partial charge < -0.3 is 9.52 Å². The SMILES string of the molecule is CC[C@H](Cc1ccccc1)c1cc(O)c([C@@H](c2cccc(NS(=O)(=O)c3ccc(C#N)cc3)c2)C2CC2)c(=O)o1. The second-order valence-corrected chi connectivity index (χ2v) is 11.9. The van der Waals surface area contributed by atoms with Crippen molar-refractivity contribution in [1.82, 2.24) is 0 Å². The molecule has 40 heavy (non-hydrogen) atoms. The average molecular weight is 555 g/mol. The molecule has 2 N–H and O–H groups in total. The van der Waals surface area contributed by atoms with Gasteiger partial charge in [0.05, 0.1) is 22.1 Å². The van der Waals surface area contributed by atoms with Crippen LogP contribution in [0.4, 0.5) is 5.69 Å². The van der Waals surface area contributed by atoms with Crippen LogP contribution in [0.25, 0.3) is 0 Å². The number of hydrogen-bond donors (Lipinski definition) is 2. The lowest BCUT2D eigenvalue weighted by atomic mass is 9.86. The molecule has 1 saturated carbocycles. The van der Waals surface area contributed by atoms with E-state index in [0.29, 0.717) is 29.0 Å². The Morgan fingerprint density at radius 3 is 2.38 bits per heavy atom. The molecule has 4 aromatic rings. The van der Waals surface area contributed by atoms with Gasteiger partial charge in [0.2, 0.25) is 0 Å². The molecule has 1 heterocycles. The van der Waals surface area contributed by atoms with Crippen molar-refractivity contribution in [2.45, 2.75) is 49.3 Å². The first-order valence-corrected chi connectivity index (χ1v) is 14.8. The van der Waals surface area contributed by atoms with Crippen LogP contribution in [0.3, 0.4) is 0 Å². The minimum absolute atomic E-state index is 0.0329. The Labute approximate surface area is 233 Å². The zero-order valence-electron chi connectivity index (χ0n) is 22.1. The molecule has 0 spiro atoms. The molecule has 0 unspecified atom stereocenters. The molecule has 1 aromatic heterocycles. The van der Waals surface area contributed by atoms with Crippen LogP contribution in [0.5, 0.6) is 5.75 Å². The van der Waals surface area contributed by atoms with E-state index in [2.05, 4.69) is 4.72 Å².